The number of piperazine rings is 1. The number of nitrogens with zero attached hydrogens (tertiary/aromatic N) is 1. The molecule has 0 aromatic heterocycles. The van der Waals surface area contributed by atoms with Crippen LogP contribution in [0.2, 0.25) is 0 Å². The maximum atomic E-state index is 11.6. The minimum Gasteiger partial charge on any atom is -0.343 e. The first-order chi connectivity index (χ1) is 7.35. The van der Waals surface area contributed by atoms with Crippen LogP contribution in [0.15, 0.2) is 0 Å². The van der Waals surface area contributed by atoms with Crippen LogP contribution in [0.5, 0.6) is 0 Å². The number of hydrogen-bond acceptors (Lipinski definition) is 4. The summed E-state index contributed by atoms with van der Waals surface area (Å²) in [5, 5.41) is 2.49. The van der Waals surface area contributed by atoms with E-state index in [1.54, 1.807) is 13.8 Å². The topological polar surface area (TPSA) is 83.6 Å². The van der Waals surface area contributed by atoms with E-state index >= 15 is 0 Å². The van der Waals surface area contributed by atoms with Crippen molar-refractivity contribution in [3.8, 4) is 0 Å². The van der Waals surface area contributed by atoms with Gasteiger partial charge in [0.25, 0.3) is 0 Å². The van der Waals surface area contributed by atoms with Crippen molar-refractivity contribution >= 4 is 21.7 Å². The van der Waals surface area contributed by atoms with E-state index in [1.165, 1.54) is 4.90 Å². The van der Waals surface area contributed by atoms with E-state index in [0.29, 0.717) is 0 Å². The molecule has 1 aliphatic rings. The lowest BCUT2D eigenvalue weighted by molar-refractivity contribution is -0.143. The van der Waals surface area contributed by atoms with Gasteiger partial charge < -0.3 is 10.2 Å². The highest BCUT2D eigenvalue weighted by molar-refractivity contribution is 7.91. The molecule has 92 valence electrons. The summed E-state index contributed by atoms with van der Waals surface area (Å²) in [7, 11) is -3.10. The Kier molecular flexibility index (Phi) is 3.90. The Morgan fingerprint density at radius 3 is 2.62 bits per heavy atom. The molecule has 0 saturated carbocycles. The van der Waals surface area contributed by atoms with E-state index in [0.717, 1.165) is 0 Å². The van der Waals surface area contributed by atoms with Crippen molar-refractivity contribution in [1.29, 1.82) is 0 Å². The maximum absolute atomic E-state index is 11.6. The molecular formula is C9H16N2O4S. The number of carbonyl (C=O) groups excluding carboxylic acids is 2. The minimum atomic E-state index is -3.10. The van der Waals surface area contributed by atoms with E-state index in [4.69, 9.17) is 0 Å². The summed E-state index contributed by atoms with van der Waals surface area (Å²) >= 11 is 0. The second kappa shape index (κ2) is 4.82. The molecule has 1 aliphatic heterocycles. The van der Waals surface area contributed by atoms with Gasteiger partial charge in [-0.2, -0.15) is 0 Å². The zero-order chi connectivity index (χ0) is 12.3. The fourth-order valence-electron chi connectivity index (χ4n) is 1.46. The van der Waals surface area contributed by atoms with Gasteiger partial charge in [0.2, 0.25) is 11.8 Å². The van der Waals surface area contributed by atoms with E-state index < -0.39 is 15.9 Å². The Hall–Kier alpha value is -1.11. The maximum Gasteiger partial charge on any atom is 0.245 e. The van der Waals surface area contributed by atoms with E-state index in [-0.39, 0.29) is 36.4 Å². The van der Waals surface area contributed by atoms with Gasteiger partial charge in [0.15, 0.2) is 9.84 Å². The minimum absolute atomic E-state index is 0.0524. The molecule has 1 fully saturated rings. The van der Waals surface area contributed by atoms with Gasteiger partial charge in [-0.3, -0.25) is 9.59 Å². The number of carbonyl (C=O) groups is 2. The third kappa shape index (κ3) is 3.19. The highest BCUT2D eigenvalue weighted by Gasteiger charge is 2.29. The summed E-state index contributed by atoms with van der Waals surface area (Å²) in [6.07, 6.45) is 0. The van der Waals surface area contributed by atoms with E-state index in [1.807, 2.05) is 0 Å². The Balaban J connectivity index is 2.60. The normalized spacial score (nSPS) is 22.1. The van der Waals surface area contributed by atoms with Gasteiger partial charge in [-0.05, 0) is 6.92 Å². The Morgan fingerprint density at radius 2 is 2.06 bits per heavy atom. The van der Waals surface area contributed by atoms with Gasteiger partial charge in [-0.15, -0.1) is 0 Å². The van der Waals surface area contributed by atoms with Gasteiger partial charge in [-0.25, -0.2) is 8.42 Å². The number of rotatable bonds is 4. The van der Waals surface area contributed by atoms with Crippen molar-refractivity contribution in [3.05, 3.63) is 0 Å². The fourth-order valence-corrected chi connectivity index (χ4v) is 2.24. The van der Waals surface area contributed by atoms with Crippen LogP contribution in [0.1, 0.15) is 13.8 Å². The molecule has 0 radical (unpaired) electrons. The molecular weight excluding hydrogens is 232 g/mol. The lowest BCUT2D eigenvalue weighted by Gasteiger charge is -2.30. The molecule has 0 aromatic rings. The molecule has 16 heavy (non-hydrogen) atoms. The quantitative estimate of drug-likeness (QED) is 0.675. The van der Waals surface area contributed by atoms with Crippen molar-refractivity contribution in [2.45, 2.75) is 19.9 Å². The third-order valence-corrected chi connectivity index (χ3v) is 4.19. The molecule has 7 heteroatoms. The predicted molar refractivity (Wildman–Crippen MR) is 58.5 cm³/mol. The number of sulfone groups is 1. The zero-order valence-electron chi connectivity index (χ0n) is 9.39. The number of nitrogens with one attached hydrogen (secondary N) is 1. The molecule has 0 spiro atoms. The first-order valence-corrected chi connectivity index (χ1v) is 6.96. The van der Waals surface area contributed by atoms with Gasteiger partial charge in [-0.1, -0.05) is 6.92 Å². The third-order valence-electron chi connectivity index (χ3n) is 2.51. The molecule has 1 atom stereocenters. The lowest BCUT2D eigenvalue weighted by atomic mass is 10.2. The van der Waals surface area contributed by atoms with Crippen molar-refractivity contribution < 1.29 is 18.0 Å². The zero-order valence-corrected chi connectivity index (χ0v) is 10.2. The van der Waals surface area contributed by atoms with Crippen molar-refractivity contribution in [1.82, 2.24) is 10.2 Å². The van der Waals surface area contributed by atoms with Gasteiger partial charge in [0, 0.05) is 12.3 Å². The standard InChI is InChI=1S/C9H16N2O4S/c1-3-16(14,15)5-4-11-6-8(12)10-7(2)9(11)13/h7H,3-6H2,1-2H3,(H,10,12). The molecule has 1 unspecified atom stereocenters. The Labute approximate surface area is 94.9 Å². The average Bonchev–Trinajstić information content (AvgIpc) is 2.21. The molecule has 0 bridgehead atoms. The first kappa shape index (κ1) is 13.0. The van der Waals surface area contributed by atoms with Crippen molar-refractivity contribution in [2.24, 2.45) is 0 Å². The monoisotopic (exact) mass is 248 g/mol. The highest BCUT2D eigenvalue weighted by Crippen LogP contribution is 2.03. The van der Waals surface area contributed by atoms with Crippen molar-refractivity contribution in [3.63, 3.8) is 0 Å². The van der Waals surface area contributed by atoms with Crippen LogP contribution in [-0.2, 0) is 19.4 Å². The number of amides is 2. The van der Waals surface area contributed by atoms with Gasteiger partial charge >= 0.3 is 0 Å². The van der Waals surface area contributed by atoms with Crippen LogP contribution < -0.4 is 5.32 Å². The predicted octanol–water partition coefficient (Wildman–Crippen LogP) is -1.23. The van der Waals surface area contributed by atoms with Crippen LogP contribution in [0.3, 0.4) is 0 Å². The van der Waals surface area contributed by atoms with E-state index in [2.05, 4.69) is 5.32 Å². The second-order valence-corrected chi connectivity index (χ2v) is 6.26. The fraction of sp³-hybridized carbons (Fsp3) is 0.778. The van der Waals surface area contributed by atoms with Crippen LogP contribution in [0, 0.1) is 0 Å². The summed E-state index contributed by atoms with van der Waals surface area (Å²) in [5.74, 6) is -0.515. The van der Waals surface area contributed by atoms with Crippen LogP contribution >= 0.6 is 0 Å². The lowest BCUT2D eigenvalue weighted by Crippen LogP contribution is -2.57. The SMILES string of the molecule is CCS(=O)(=O)CCN1CC(=O)NC(C)C1=O. The second-order valence-electron chi connectivity index (χ2n) is 3.79. The van der Waals surface area contributed by atoms with Crippen LogP contribution in [0.25, 0.3) is 0 Å². The van der Waals surface area contributed by atoms with E-state index in [9.17, 15) is 18.0 Å². The van der Waals surface area contributed by atoms with Gasteiger partial charge in [0.1, 0.15) is 6.04 Å². The molecule has 0 aromatic carbocycles. The number of hydrogen-bond donors (Lipinski definition) is 1. The molecule has 1 heterocycles. The molecule has 0 aliphatic carbocycles. The Bertz CT molecular complexity index is 390. The highest BCUT2D eigenvalue weighted by atomic mass is 32.2. The summed E-state index contributed by atoms with van der Waals surface area (Å²) in [5.41, 5.74) is 0. The smallest absolute Gasteiger partial charge is 0.245 e. The molecule has 1 saturated heterocycles. The van der Waals surface area contributed by atoms with Crippen molar-refractivity contribution in [2.75, 3.05) is 24.6 Å². The molecule has 6 nitrogen and oxygen atoms in total. The summed E-state index contributed by atoms with van der Waals surface area (Å²) in [6.45, 7) is 3.18. The molecule has 1 N–H and O–H groups in total. The molecule has 2 amide bonds. The summed E-state index contributed by atoms with van der Waals surface area (Å²) in [4.78, 5) is 24.0. The van der Waals surface area contributed by atoms with Crippen LogP contribution in [-0.4, -0.2) is 55.8 Å². The van der Waals surface area contributed by atoms with Gasteiger partial charge in [0.05, 0.1) is 12.3 Å². The van der Waals surface area contributed by atoms with Crippen LogP contribution in [0.4, 0.5) is 0 Å². The summed E-state index contributed by atoms with van der Waals surface area (Å²) in [6, 6.07) is -0.564. The summed E-state index contributed by atoms with van der Waals surface area (Å²) < 4.78 is 22.5. The Morgan fingerprint density at radius 1 is 1.44 bits per heavy atom. The average molecular weight is 248 g/mol. The first-order valence-electron chi connectivity index (χ1n) is 5.14. The molecule has 1 rings (SSSR count). The largest absolute Gasteiger partial charge is 0.343 e.